The third-order valence-corrected chi connectivity index (χ3v) is 8.46. The summed E-state index contributed by atoms with van der Waals surface area (Å²) >= 11 is 11.9. The molecule has 0 spiro atoms. The maximum absolute atomic E-state index is 12.6. The molecule has 0 aliphatic carbocycles. The van der Waals surface area contributed by atoms with Crippen LogP contribution in [0.2, 0.25) is 4.34 Å². The van der Waals surface area contributed by atoms with Crippen LogP contribution in [-0.4, -0.2) is 19.3 Å². The van der Waals surface area contributed by atoms with Crippen molar-refractivity contribution in [1.82, 2.24) is 4.31 Å². The smallest absolute Gasteiger partial charge is 0.206 e. The van der Waals surface area contributed by atoms with Crippen LogP contribution in [0.5, 0.6) is 0 Å². The van der Waals surface area contributed by atoms with Gasteiger partial charge in [-0.1, -0.05) is 18.5 Å². The van der Waals surface area contributed by atoms with Gasteiger partial charge < -0.3 is 0 Å². The molecule has 3 nitrogen and oxygen atoms in total. The molecule has 0 saturated carbocycles. The summed E-state index contributed by atoms with van der Waals surface area (Å²) in [4.78, 5) is 0.938. The van der Waals surface area contributed by atoms with E-state index in [1.807, 2.05) is 19.9 Å². The first-order chi connectivity index (χ1) is 9.34. The molecule has 110 valence electrons. The van der Waals surface area contributed by atoms with Gasteiger partial charge in [-0.15, -0.1) is 22.7 Å². The number of hydrogen-bond donors (Lipinski definition) is 0. The van der Waals surface area contributed by atoms with E-state index in [1.54, 1.807) is 12.1 Å². The molecule has 0 unspecified atom stereocenters. The fraction of sp³-hybridized carbons (Fsp3) is 0.333. The Morgan fingerprint density at radius 2 is 2.05 bits per heavy atom. The first kappa shape index (κ1) is 16.5. The monoisotopic (exact) mass is 413 g/mol. The first-order valence-electron chi connectivity index (χ1n) is 5.85. The number of rotatable bonds is 5. The number of hydrogen-bond acceptors (Lipinski definition) is 4. The van der Waals surface area contributed by atoms with Crippen molar-refractivity contribution < 1.29 is 8.42 Å². The summed E-state index contributed by atoms with van der Waals surface area (Å²) in [5.41, 5.74) is 0.934. The minimum atomic E-state index is -3.46. The lowest BCUT2D eigenvalue weighted by Gasteiger charge is -2.18. The van der Waals surface area contributed by atoms with Crippen molar-refractivity contribution in [2.24, 2.45) is 0 Å². The molecule has 0 N–H and O–H groups in total. The molecule has 8 heteroatoms. The Hall–Kier alpha value is 0.0800. The topological polar surface area (TPSA) is 37.4 Å². The molecule has 0 bridgehead atoms. The van der Waals surface area contributed by atoms with Crippen LogP contribution in [0.3, 0.4) is 0 Å². The Labute approximate surface area is 140 Å². The lowest BCUT2D eigenvalue weighted by molar-refractivity contribution is 0.428. The Kier molecular flexibility index (Phi) is 5.31. The molecular weight excluding hydrogens is 402 g/mol. The van der Waals surface area contributed by atoms with Gasteiger partial charge in [-0.05, 0) is 46.6 Å². The minimum Gasteiger partial charge on any atom is -0.206 e. The first-order valence-corrected chi connectivity index (χ1v) is 10.1. The van der Waals surface area contributed by atoms with E-state index in [0.29, 0.717) is 21.6 Å². The summed E-state index contributed by atoms with van der Waals surface area (Å²) in [6.07, 6.45) is 0. The summed E-state index contributed by atoms with van der Waals surface area (Å²) < 4.78 is 28.6. The van der Waals surface area contributed by atoms with Gasteiger partial charge >= 0.3 is 0 Å². The molecule has 0 saturated heterocycles. The van der Waals surface area contributed by atoms with Gasteiger partial charge in [0.05, 0.1) is 8.12 Å². The van der Waals surface area contributed by atoms with Gasteiger partial charge in [0.15, 0.2) is 0 Å². The van der Waals surface area contributed by atoms with E-state index < -0.39 is 10.0 Å². The number of sulfonamides is 1. The molecule has 2 rings (SSSR count). The predicted molar refractivity (Wildman–Crippen MR) is 89.4 cm³/mol. The fourth-order valence-electron chi connectivity index (χ4n) is 1.66. The number of halogens is 2. The molecule has 2 heterocycles. The van der Waals surface area contributed by atoms with Gasteiger partial charge in [-0.2, -0.15) is 4.31 Å². The highest BCUT2D eigenvalue weighted by Crippen LogP contribution is 2.33. The van der Waals surface area contributed by atoms with Gasteiger partial charge in [0.25, 0.3) is 10.0 Å². The standard InChI is InChI=1S/C12H13BrClNO2S3/c1-3-15(7-9-4-5-10(14)18-9)20(16,17)11-6-8(2)12(13)19-11/h4-6H,3,7H2,1-2H3. The maximum Gasteiger partial charge on any atom is 0.252 e. The number of aryl methyl sites for hydroxylation is 1. The van der Waals surface area contributed by atoms with E-state index in [4.69, 9.17) is 11.6 Å². The van der Waals surface area contributed by atoms with Crippen molar-refractivity contribution in [3.05, 3.63) is 36.8 Å². The van der Waals surface area contributed by atoms with Gasteiger partial charge in [0.1, 0.15) is 4.21 Å². The van der Waals surface area contributed by atoms with Crippen molar-refractivity contribution in [1.29, 1.82) is 0 Å². The predicted octanol–water partition coefficient (Wildman–Crippen LogP) is 4.74. The Balaban J connectivity index is 2.30. The zero-order valence-electron chi connectivity index (χ0n) is 10.9. The molecule has 0 aliphatic rings. The van der Waals surface area contributed by atoms with Crippen LogP contribution in [0, 0.1) is 6.92 Å². The van der Waals surface area contributed by atoms with Gasteiger partial charge in [0.2, 0.25) is 0 Å². The molecule has 0 radical (unpaired) electrons. The van der Waals surface area contributed by atoms with Crippen LogP contribution >= 0.6 is 50.2 Å². The highest BCUT2D eigenvalue weighted by atomic mass is 79.9. The van der Waals surface area contributed by atoms with E-state index in [9.17, 15) is 8.42 Å². The summed E-state index contributed by atoms with van der Waals surface area (Å²) in [6, 6.07) is 5.35. The van der Waals surface area contributed by atoms with Gasteiger partial charge in [-0.25, -0.2) is 8.42 Å². The minimum absolute atomic E-state index is 0.352. The lowest BCUT2D eigenvalue weighted by Crippen LogP contribution is -2.29. The molecule has 0 aliphatic heterocycles. The fourth-order valence-corrected chi connectivity index (χ4v) is 6.66. The highest BCUT2D eigenvalue weighted by Gasteiger charge is 2.26. The summed E-state index contributed by atoms with van der Waals surface area (Å²) in [5.74, 6) is 0. The Morgan fingerprint density at radius 3 is 2.50 bits per heavy atom. The van der Waals surface area contributed by atoms with E-state index in [1.165, 1.54) is 27.0 Å². The van der Waals surface area contributed by atoms with Crippen molar-refractivity contribution >= 4 is 60.2 Å². The molecule has 2 aromatic heterocycles. The van der Waals surface area contributed by atoms with E-state index in [0.717, 1.165) is 14.2 Å². The molecule has 0 amide bonds. The SMILES string of the molecule is CCN(Cc1ccc(Cl)s1)S(=O)(=O)c1cc(C)c(Br)s1. The second kappa shape index (κ2) is 6.46. The van der Waals surface area contributed by atoms with Crippen LogP contribution in [-0.2, 0) is 16.6 Å². The number of nitrogens with zero attached hydrogens (tertiary/aromatic N) is 1. The molecular formula is C12H13BrClNO2S3. The molecule has 0 atom stereocenters. The quantitative estimate of drug-likeness (QED) is 0.708. The van der Waals surface area contributed by atoms with Crippen molar-refractivity contribution in [3.8, 4) is 0 Å². The van der Waals surface area contributed by atoms with E-state index >= 15 is 0 Å². The summed E-state index contributed by atoms with van der Waals surface area (Å²) in [6.45, 7) is 4.49. The van der Waals surface area contributed by atoms with E-state index in [2.05, 4.69) is 15.9 Å². The normalized spacial score (nSPS) is 12.2. The van der Waals surface area contributed by atoms with Crippen LogP contribution in [0.1, 0.15) is 17.4 Å². The van der Waals surface area contributed by atoms with Gasteiger partial charge in [0, 0.05) is 18.0 Å². The van der Waals surface area contributed by atoms with Crippen LogP contribution in [0.4, 0.5) is 0 Å². The molecule has 0 fully saturated rings. The maximum atomic E-state index is 12.6. The number of thiophene rings is 2. The molecule has 0 aromatic carbocycles. The van der Waals surface area contributed by atoms with Crippen LogP contribution < -0.4 is 0 Å². The summed E-state index contributed by atoms with van der Waals surface area (Å²) in [7, 11) is -3.46. The molecule has 2 aromatic rings. The van der Waals surface area contributed by atoms with Crippen molar-refractivity contribution in [2.45, 2.75) is 24.6 Å². The lowest BCUT2D eigenvalue weighted by atomic mass is 10.4. The van der Waals surface area contributed by atoms with Gasteiger partial charge in [-0.3, -0.25) is 0 Å². The summed E-state index contributed by atoms with van der Waals surface area (Å²) in [5, 5.41) is 0. The van der Waals surface area contributed by atoms with E-state index in [-0.39, 0.29) is 0 Å². The third kappa shape index (κ3) is 3.45. The van der Waals surface area contributed by atoms with Crippen molar-refractivity contribution in [3.63, 3.8) is 0 Å². The van der Waals surface area contributed by atoms with Crippen LogP contribution in [0.25, 0.3) is 0 Å². The Bertz CT molecular complexity index is 689. The van der Waals surface area contributed by atoms with Crippen molar-refractivity contribution in [2.75, 3.05) is 6.54 Å². The molecule has 20 heavy (non-hydrogen) atoms. The zero-order chi connectivity index (χ0) is 14.9. The largest absolute Gasteiger partial charge is 0.252 e. The highest BCUT2D eigenvalue weighted by molar-refractivity contribution is 9.11. The zero-order valence-corrected chi connectivity index (χ0v) is 15.7. The second-order valence-electron chi connectivity index (χ2n) is 4.16. The average Bonchev–Trinajstić information content (AvgIpc) is 2.94. The average molecular weight is 415 g/mol. The third-order valence-electron chi connectivity index (χ3n) is 2.74. The Morgan fingerprint density at radius 1 is 1.35 bits per heavy atom. The second-order valence-corrected chi connectivity index (χ2v) is 10.5. The van der Waals surface area contributed by atoms with Crippen LogP contribution in [0.15, 0.2) is 26.2 Å².